The third-order valence-corrected chi connectivity index (χ3v) is 4.64. The maximum absolute atomic E-state index is 12.9. The maximum atomic E-state index is 12.9. The summed E-state index contributed by atoms with van der Waals surface area (Å²) < 4.78 is 51.5. The molecule has 0 unspecified atom stereocenters. The summed E-state index contributed by atoms with van der Waals surface area (Å²) in [5, 5.41) is 13.5. The van der Waals surface area contributed by atoms with Crippen molar-refractivity contribution in [1.29, 1.82) is 0 Å². The first-order chi connectivity index (χ1) is 12.6. The smallest absolute Gasteiger partial charge is 0.357 e. The molecule has 0 aliphatic heterocycles. The van der Waals surface area contributed by atoms with Crippen LogP contribution < -0.4 is 10.9 Å². The number of nitrogens with zero attached hydrogens (tertiary/aromatic N) is 2. The van der Waals surface area contributed by atoms with Gasteiger partial charge in [0.25, 0.3) is 11.2 Å². The van der Waals surface area contributed by atoms with Gasteiger partial charge in [-0.1, -0.05) is 23.5 Å². The Kier molecular flexibility index (Phi) is 4.79. The number of hydrogen-bond donors (Lipinski definition) is 1. The van der Waals surface area contributed by atoms with Crippen molar-refractivity contribution in [3.63, 3.8) is 0 Å². The molecule has 1 N–H and O–H groups in total. The summed E-state index contributed by atoms with van der Waals surface area (Å²) in [5.74, 6) is -0.427. The maximum Gasteiger partial charge on any atom is 0.416 e. The van der Waals surface area contributed by atoms with Gasteiger partial charge >= 0.3 is 6.18 Å². The number of nitrogens with one attached hydrogen (secondary N) is 1. The SMILES string of the molecule is O=c1nc(NCc2ccc(F)cc2)sc2c([N+](=O)[O-])cc(C(F)(F)F)cc12. The van der Waals surface area contributed by atoms with Crippen molar-refractivity contribution in [1.82, 2.24) is 4.98 Å². The van der Waals surface area contributed by atoms with Crippen molar-refractivity contribution in [3.05, 3.63) is 73.8 Å². The lowest BCUT2D eigenvalue weighted by molar-refractivity contribution is -0.383. The minimum Gasteiger partial charge on any atom is -0.357 e. The van der Waals surface area contributed by atoms with E-state index in [0.717, 1.165) is 0 Å². The van der Waals surface area contributed by atoms with Crippen LogP contribution in [0.4, 0.5) is 28.4 Å². The Balaban J connectivity index is 2.04. The lowest BCUT2D eigenvalue weighted by atomic mass is 10.1. The minimum absolute atomic E-state index is 0.000293. The highest BCUT2D eigenvalue weighted by Crippen LogP contribution is 2.37. The molecule has 0 atom stereocenters. The van der Waals surface area contributed by atoms with Crippen LogP contribution in [0.25, 0.3) is 10.1 Å². The molecule has 0 saturated carbocycles. The van der Waals surface area contributed by atoms with Crippen molar-refractivity contribution >= 4 is 32.2 Å². The van der Waals surface area contributed by atoms with E-state index in [4.69, 9.17) is 0 Å². The topological polar surface area (TPSA) is 85.1 Å². The number of alkyl halides is 3. The van der Waals surface area contributed by atoms with Gasteiger partial charge in [0.15, 0.2) is 5.13 Å². The van der Waals surface area contributed by atoms with Crippen LogP contribution in [0.15, 0.2) is 41.2 Å². The molecule has 27 heavy (non-hydrogen) atoms. The number of hydrogen-bond acceptors (Lipinski definition) is 6. The van der Waals surface area contributed by atoms with Crippen LogP contribution in [0.5, 0.6) is 0 Å². The third-order valence-electron chi connectivity index (χ3n) is 3.58. The van der Waals surface area contributed by atoms with E-state index in [2.05, 4.69) is 10.3 Å². The largest absolute Gasteiger partial charge is 0.416 e. The normalized spacial score (nSPS) is 11.6. The van der Waals surface area contributed by atoms with E-state index in [1.54, 1.807) is 0 Å². The molecule has 0 aliphatic rings. The van der Waals surface area contributed by atoms with Gasteiger partial charge < -0.3 is 5.32 Å². The van der Waals surface area contributed by atoms with Gasteiger partial charge in [0.05, 0.1) is 15.9 Å². The van der Waals surface area contributed by atoms with Gasteiger partial charge in [-0.3, -0.25) is 14.9 Å². The van der Waals surface area contributed by atoms with Gasteiger partial charge in [0, 0.05) is 12.6 Å². The fourth-order valence-corrected chi connectivity index (χ4v) is 3.27. The van der Waals surface area contributed by atoms with Crippen LogP contribution in [0, 0.1) is 15.9 Å². The van der Waals surface area contributed by atoms with E-state index < -0.39 is 39.1 Å². The zero-order valence-electron chi connectivity index (χ0n) is 13.2. The summed E-state index contributed by atoms with van der Waals surface area (Å²) in [7, 11) is 0. The molecular formula is C16H9F4N3O3S. The lowest BCUT2D eigenvalue weighted by Crippen LogP contribution is -2.12. The fourth-order valence-electron chi connectivity index (χ4n) is 2.31. The second-order valence-electron chi connectivity index (χ2n) is 5.43. The molecule has 0 amide bonds. The van der Waals surface area contributed by atoms with Crippen molar-refractivity contribution in [2.45, 2.75) is 12.7 Å². The average Bonchev–Trinajstić information content (AvgIpc) is 2.59. The molecule has 0 saturated heterocycles. The molecule has 1 heterocycles. The first kappa shape index (κ1) is 18.7. The molecule has 6 nitrogen and oxygen atoms in total. The number of nitro groups is 1. The summed E-state index contributed by atoms with van der Waals surface area (Å²) in [5.41, 5.74) is -2.48. The minimum atomic E-state index is -4.84. The van der Waals surface area contributed by atoms with E-state index in [1.807, 2.05) is 0 Å². The van der Waals surface area contributed by atoms with E-state index in [-0.39, 0.29) is 16.4 Å². The molecule has 0 spiro atoms. The number of non-ortho nitro benzene ring substituents is 1. The second kappa shape index (κ2) is 6.91. The number of rotatable bonds is 4. The van der Waals surface area contributed by atoms with Crippen LogP contribution in [-0.2, 0) is 12.7 Å². The monoisotopic (exact) mass is 399 g/mol. The average molecular weight is 399 g/mol. The molecule has 140 valence electrons. The van der Waals surface area contributed by atoms with E-state index in [0.29, 0.717) is 29.0 Å². The number of anilines is 1. The highest BCUT2D eigenvalue weighted by atomic mass is 32.1. The molecule has 3 rings (SSSR count). The van der Waals surface area contributed by atoms with Crippen molar-refractivity contribution in [3.8, 4) is 0 Å². The van der Waals surface area contributed by atoms with Gasteiger partial charge in [0.2, 0.25) is 0 Å². The Bertz CT molecular complexity index is 1080. The van der Waals surface area contributed by atoms with Crippen LogP contribution in [-0.4, -0.2) is 9.91 Å². The third kappa shape index (κ3) is 4.03. The Hall–Kier alpha value is -3.08. The van der Waals surface area contributed by atoms with Crippen LogP contribution >= 0.6 is 11.3 Å². The van der Waals surface area contributed by atoms with Crippen molar-refractivity contribution in [2.24, 2.45) is 0 Å². The van der Waals surface area contributed by atoms with Gasteiger partial charge in [-0.15, -0.1) is 0 Å². The Morgan fingerprint density at radius 2 is 1.85 bits per heavy atom. The predicted octanol–water partition coefficient (Wildman–Crippen LogP) is 4.33. The first-order valence-electron chi connectivity index (χ1n) is 7.34. The zero-order valence-corrected chi connectivity index (χ0v) is 14.0. The summed E-state index contributed by atoms with van der Waals surface area (Å²) in [6.07, 6.45) is -4.84. The van der Waals surface area contributed by atoms with Crippen LogP contribution in [0.3, 0.4) is 0 Å². The first-order valence-corrected chi connectivity index (χ1v) is 8.15. The summed E-state index contributed by atoms with van der Waals surface area (Å²) in [4.78, 5) is 26.0. The Labute approximate surface area is 152 Å². The molecule has 0 aliphatic carbocycles. The molecule has 1 aromatic heterocycles. The molecule has 0 bridgehead atoms. The fraction of sp³-hybridized carbons (Fsp3) is 0.125. The lowest BCUT2D eigenvalue weighted by Gasteiger charge is -2.09. The number of fused-ring (bicyclic) bond motifs is 1. The highest BCUT2D eigenvalue weighted by molar-refractivity contribution is 7.22. The molecule has 11 heteroatoms. The zero-order chi connectivity index (χ0) is 19.8. The van der Waals surface area contributed by atoms with Crippen LogP contribution in [0.1, 0.15) is 11.1 Å². The van der Waals surface area contributed by atoms with E-state index in [9.17, 15) is 32.5 Å². The molecule has 0 radical (unpaired) electrons. The Morgan fingerprint density at radius 3 is 2.44 bits per heavy atom. The molecule has 0 fully saturated rings. The molecule has 3 aromatic rings. The highest BCUT2D eigenvalue weighted by Gasteiger charge is 2.34. The number of aromatic nitrogens is 1. The predicted molar refractivity (Wildman–Crippen MR) is 91.3 cm³/mol. The van der Waals surface area contributed by atoms with Crippen LogP contribution in [0.2, 0.25) is 0 Å². The van der Waals surface area contributed by atoms with E-state index >= 15 is 0 Å². The van der Waals surface area contributed by atoms with E-state index in [1.165, 1.54) is 24.3 Å². The number of nitro benzene ring substituents is 1. The summed E-state index contributed by atoms with van der Waals surface area (Å²) in [6, 6.07) is 6.39. The van der Waals surface area contributed by atoms with Crippen molar-refractivity contribution < 1.29 is 22.5 Å². The van der Waals surface area contributed by atoms with Gasteiger partial charge in [-0.05, 0) is 23.8 Å². The van der Waals surface area contributed by atoms with Gasteiger partial charge in [0.1, 0.15) is 10.5 Å². The second-order valence-corrected chi connectivity index (χ2v) is 6.43. The number of halogens is 4. The Morgan fingerprint density at radius 1 is 1.19 bits per heavy atom. The van der Waals surface area contributed by atoms with Gasteiger partial charge in [-0.2, -0.15) is 18.2 Å². The molecule has 2 aromatic carbocycles. The number of benzene rings is 2. The standard InChI is InChI=1S/C16H9F4N3O3S/c17-10-3-1-8(2-4-10)7-21-15-22-14(24)11-5-9(16(18,19)20)6-12(23(25)26)13(11)27-15/h1-6H,7H2,(H,21,22,24). The quantitative estimate of drug-likeness (QED) is 0.401. The van der Waals surface area contributed by atoms with Crippen molar-refractivity contribution in [2.75, 3.05) is 5.32 Å². The summed E-state index contributed by atoms with van der Waals surface area (Å²) >= 11 is 0.692. The summed E-state index contributed by atoms with van der Waals surface area (Å²) in [6.45, 7) is 0.142. The molecular weight excluding hydrogens is 390 g/mol. The van der Waals surface area contributed by atoms with Gasteiger partial charge in [-0.25, -0.2) is 4.39 Å².